The molecule has 0 saturated heterocycles. The second kappa shape index (κ2) is 7.62. The van der Waals surface area contributed by atoms with Crippen LogP contribution in [0.1, 0.15) is 29.2 Å². The van der Waals surface area contributed by atoms with Gasteiger partial charge < -0.3 is 5.32 Å². The van der Waals surface area contributed by atoms with E-state index in [0.717, 1.165) is 10.4 Å². The third-order valence-electron chi connectivity index (χ3n) is 4.57. The predicted octanol–water partition coefficient (Wildman–Crippen LogP) is 4.59. The van der Waals surface area contributed by atoms with Crippen molar-refractivity contribution in [3.63, 3.8) is 0 Å². The molecule has 0 radical (unpaired) electrons. The van der Waals surface area contributed by atoms with Gasteiger partial charge in [-0.15, -0.1) is 0 Å². The molecule has 1 aromatic carbocycles. The maximum absolute atomic E-state index is 13.3. The Morgan fingerprint density at radius 2 is 1.67 bits per heavy atom. The van der Waals surface area contributed by atoms with E-state index in [0.29, 0.717) is 28.6 Å². The van der Waals surface area contributed by atoms with Gasteiger partial charge in [-0.1, -0.05) is 0 Å². The molecule has 154 valence electrons. The number of alkyl halides is 2. The highest BCUT2D eigenvalue weighted by Crippen LogP contribution is 2.27. The number of halogens is 3. The number of rotatable bonds is 5. The molecule has 7 nitrogen and oxygen atoms in total. The smallest absolute Gasteiger partial charge is 0.280 e. The minimum Gasteiger partial charge on any atom is -0.337 e. The van der Waals surface area contributed by atoms with Crippen LogP contribution in [-0.4, -0.2) is 29.5 Å². The van der Waals surface area contributed by atoms with Gasteiger partial charge in [-0.2, -0.15) is 10.2 Å². The van der Waals surface area contributed by atoms with E-state index in [-0.39, 0.29) is 17.3 Å². The molecule has 0 aliphatic carbocycles. The van der Waals surface area contributed by atoms with Gasteiger partial charge in [-0.3, -0.25) is 0 Å². The Balaban J connectivity index is 1.68. The van der Waals surface area contributed by atoms with Crippen LogP contribution in [0.15, 0.2) is 42.7 Å². The molecular weight excluding hydrogens is 395 g/mol. The molecule has 0 spiro atoms. The molecule has 0 aliphatic rings. The summed E-state index contributed by atoms with van der Waals surface area (Å²) in [5.74, 6) is 0.291. The summed E-state index contributed by atoms with van der Waals surface area (Å²) in [6.07, 6.45) is -1.41. The Morgan fingerprint density at radius 3 is 2.37 bits per heavy atom. The van der Waals surface area contributed by atoms with Crippen molar-refractivity contribution in [2.75, 3.05) is 5.32 Å². The first kappa shape index (κ1) is 19.6. The number of nitrogens with one attached hydrogen (secondary N) is 1. The highest BCUT2D eigenvalue weighted by molar-refractivity contribution is 5.63. The fraction of sp³-hybridized carbons (Fsp3) is 0.200. The van der Waals surface area contributed by atoms with Gasteiger partial charge in [0.25, 0.3) is 6.43 Å². The zero-order valence-corrected chi connectivity index (χ0v) is 16.4. The van der Waals surface area contributed by atoms with Gasteiger partial charge in [0.05, 0.1) is 28.5 Å². The third kappa shape index (κ3) is 3.63. The highest BCUT2D eigenvalue weighted by Gasteiger charge is 2.19. The van der Waals surface area contributed by atoms with Crippen LogP contribution >= 0.6 is 0 Å². The van der Waals surface area contributed by atoms with Crippen molar-refractivity contribution in [3.05, 3.63) is 71.3 Å². The van der Waals surface area contributed by atoms with Crippen LogP contribution in [-0.2, 0) is 0 Å². The van der Waals surface area contributed by atoms with Crippen LogP contribution in [0.3, 0.4) is 0 Å². The van der Waals surface area contributed by atoms with E-state index in [1.807, 2.05) is 13.8 Å². The first-order valence-corrected chi connectivity index (χ1v) is 9.10. The van der Waals surface area contributed by atoms with Crippen molar-refractivity contribution >= 4 is 11.5 Å². The summed E-state index contributed by atoms with van der Waals surface area (Å²) in [7, 11) is 0. The lowest BCUT2D eigenvalue weighted by Crippen LogP contribution is -2.07. The molecule has 4 rings (SSSR count). The van der Waals surface area contributed by atoms with Crippen molar-refractivity contribution in [2.24, 2.45) is 0 Å². The summed E-state index contributed by atoms with van der Waals surface area (Å²) < 4.78 is 42.6. The standard InChI is InChI=1S/C20H18F3N7/c1-11-8-16(20(22)23)30(27-11)18-9-17(24-10-25-18)26-19-12(2)28-29(13(19)3)15-6-4-14(21)5-7-15/h4-10,20H,1-3H3,(H,24,25,26). The molecule has 0 aliphatic heterocycles. The van der Waals surface area contributed by atoms with E-state index >= 15 is 0 Å². The summed E-state index contributed by atoms with van der Waals surface area (Å²) in [6, 6.07) is 8.85. The van der Waals surface area contributed by atoms with Gasteiger partial charge in [0, 0.05) is 6.07 Å². The summed E-state index contributed by atoms with van der Waals surface area (Å²) >= 11 is 0. The van der Waals surface area contributed by atoms with Crippen LogP contribution in [0.2, 0.25) is 0 Å². The number of hydrogen-bond donors (Lipinski definition) is 1. The lowest BCUT2D eigenvalue weighted by molar-refractivity contribution is 0.142. The maximum Gasteiger partial charge on any atom is 0.280 e. The van der Waals surface area contributed by atoms with E-state index < -0.39 is 6.43 Å². The molecule has 30 heavy (non-hydrogen) atoms. The first-order chi connectivity index (χ1) is 14.3. The van der Waals surface area contributed by atoms with Crippen LogP contribution in [0.4, 0.5) is 24.7 Å². The van der Waals surface area contributed by atoms with Crippen molar-refractivity contribution in [2.45, 2.75) is 27.2 Å². The van der Waals surface area contributed by atoms with Crippen LogP contribution in [0.5, 0.6) is 0 Å². The van der Waals surface area contributed by atoms with Gasteiger partial charge >= 0.3 is 0 Å². The second-order valence-corrected chi connectivity index (χ2v) is 6.74. The maximum atomic E-state index is 13.3. The van der Waals surface area contributed by atoms with E-state index in [4.69, 9.17) is 0 Å². The SMILES string of the molecule is Cc1cc(C(F)F)n(-c2cc(Nc3c(C)nn(-c4ccc(F)cc4)c3C)ncn2)n1. The lowest BCUT2D eigenvalue weighted by Gasteiger charge is -2.10. The molecule has 0 fully saturated rings. The molecule has 0 bridgehead atoms. The second-order valence-electron chi connectivity index (χ2n) is 6.74. The quantitative estimate of drug-likeness (QED) is 0.518. The summed E-state index contributed by atoms with van der Waals surface area (Å²) in [6.45, 7) is 5.32. The zero-order valence-electron chi connectivity index (χ0n) is 16.4. The Bertz CT molecular complexity index is 1200. The molecule has 10 heteroatoms. The molecule has 3 heterocycles. The summed E-state index contributed by atoms with van der Waals surface area (Å²) in [4.78, 5) is 8.25. The zero-order chi connectivity index (χ0) is 21.4. The van der Waals surface area contributed by atoms with Crippen molar-refractivity contribution in [3.8, 4) is 11.5 Å². The summed E-state index contributed by atoms with van der Waals surface area (Å²) in [5.41, 5.74) is 3.11. The van der Waals surface area contributed by atoms with Gasteiger partial charge in [-0.05, 0) is 51.1 Å². The van der Waals surface area contributed by atoms with Gasteiger partial charge in [0.2, 0.25) is 0 Å². The van der Waals surface area contributed by atoms with Gasteiger partial charge in [-0.25, -0.2) is 32.5 Å². The van der Waals surface area contributed by atoms with Gasteiger partial charge in [0.15, 0.2) is 5.82 Å². The highest BCUT2D eigenvalue weighted by atomic mass is 19.3. The Labute approximate surface area is 170 Å². The van der Waals surface area contributed by atoms with Crippen LogP contribution < -0.4 is 5.32 Å². The monoisotopic (exact) mass is 413 g/mol. The van der Waals surface area contributed by atoms with E-state index in [1.165, 1.54) is 30.6 Å². The normalized spacial score (nSPS) is 11.3. The largest absolute Gasteiger partial charge is 0.337 e. The van der Waals surface area contributed by atoms with Crippen molar-refractivity contribution in [1.82, 2.24) is 29.5 Å². The summed E-state index contributed by atoms with van der Waals surface area (Å²) in [5, 5.41) is 11.8. The fourth-order valence-corrected chi connectivity index (χ4v) is 3.18. The molecule has 0 atom stereocenters. The van der Waals surface area contributed by atoms with E-state index in [2.05, 4.69) is 25.5 Å². The number of hydrogen-bond acceptors (Lipinski definition) is 5. The molecule has 0 saturated carbocycles. The minimum atomic E-state index is -2.68. The average Bonchev–Trinajstić information content (AvgIpc) is 3.24. The van der Waals surface area contributed by atoms with E-state index in [9.17, 15) is 13.2 Å². The van der Waals surface area contributed by atoms with Crippen LogP contribution in [0.25, 0.3) is 11.5 Å². The number of benzene rings is 1. The molecule has 0 unspecified atom stereocenters. The third-order valence-corrected chi connectivity index (χ3v) is 4.57. The molecule has 0 amide bonds. The van der Waals surface area contributed by atoms with Gasteiger partial charge in [0.1, 0.15) is 23.7 Å². The number of aryl methyl sites for hydroxylation is 2. The lowest BCUT2D eigenvalue weighted by atomic mass is 10.3. The molecule has 1 N–H and O–H groups in total. The number of anilines is 2. The average molecular weight is 413 g/mol. The van der Waals surface area contributed by atoms with Crippen molar-refractivity contribution < 1.29 is 13.2 Å². The molecular formula is C20H18F3N7. The Hall–Kier alpha value is -3.69. The minimum absolute atomic E-state index is 0.220. The molecule has 3 aromatic heterocycles. The van der Waals surface area contributed by atoms with Crippen LogP contribution in [0, 0.1) is 26.6 Å². The van der Waals surface area contributed by atoms with E-state index in [1.54, 1.807) is 23.7 Å². The molecule has 4 aromatic rings. The Morgan fingerprint density at radius 1 is 0.933 bits per heavy atom. The Kier molecular flexibility index (Phi) is 4.98. The topological polar surface area (TPSA) is 73.5 Å². The first-order valence-electron chi connectivity index (χ1n) is 9.10. The number of nitrogens with zero attached hydrogens (tertiary/aromatic N) is 6. The number of aromatic nitrogens is 6. The van der Waals surface area contributed by atoms with Crippen molar-refractivity contribution in [1.29, 1.82) is 0 Å². The fourth-order valence-electron chi connectivity index (χ4n) is 3.18. The predicted molar refractivity (Wildman–Crippen MR) is 105 cm³/mol.